The monoisotopic (exact) mass is 284 g/mol. The molecule has 0 atom stereocenters. The molecule has 0 aliphatic heterocycles. The summed E-state index contributed by atoms with van der Waals surface area (Å²) in [5, 5.41) is 0. The number of carbonyl (C=O) groups is 1. The van der Waals surface area contributed by atoms with E-state index in [4.69, 9.17) is 0 Å². The number of carbonyl (C=O) groups excluding carboxylic acids is 1. The van der Waals surface area contributed by atoms with Gasteiger partial charge in [0.25, 0.3) is 0 Å². The molecule has 0 aromatic heterocycles. The third kappa shape index (κ3) is 12.5. The highest BCUT2D eigenvalue weighted by Gasteiger charge is 2.20. The minimum absolute atomic E-state index is 0.0598. The van der Waals surface area contributed by atoms with Crippen LogP contribution in [0, 0.1) is 5.41 Å². The first-order chi connectivity index (χ1) is 9.48. The van der Waals surface area contributed by atoms with E-state index in [0.29, 0.717) is 0 Å². The third-order valence-electron chi connectivity index (χ3n) is 3.54. The number of hydrogen-bond donors (Lipinski definition) is 2. The average molecular weight is 284 g/mol. The fourth-order valence-electron chi connectivity index (χ4n) is 2.03. The second kappa shape index (κ2) is 12.2. The van der Waals surface area contributed by atoms with Gasteiger partial charge < -0.3 is 0 Å². The summed E-state index contributed by atoms with van der Waals surface area (Å²) in [5.41, 5.74) is 5.47. The summed E-state index contributed by atoms with van der Waals surface area (Å²) in [4.78, 5) is 11.6. The lowest BCUT2D eigenvalue weighted by molar-refractivity contribution is -0.129. The van der Waals surface area contributed by atoms with Gasteiger partial charge in [0.05, 0.1) is 0 Å². The van der Waals surface area contributed by atoms with Crippen molar-refractivity contribution in [2.45, 2.75) is 91.9 Å². The second-order valence-electron chi connectivity index (χ2n) is 6.81. The van der Waals surface area contributed by atoms with Crippen molar-refractivity contribution in [2.24, 2.45) is 5.41 Å². The summed E-state index contributed by atoms with van der Waals surface area (Å²) in [6.07, 6.45) is 13.4. The fraction of sp³-hybridized carbons (Fsp3) is 0.941. The lowest BCUT2D eigenvalue weighted by Crippen LogP contribution is -2.44. The van der Waals surface area contributed by atoms with Gasteiger partial charge in [0.15, 0.2) is 0 Å². The van der Waals surface area contributed by atoms with E-state index in [1.165, 1.54) is 57.8 Å². The molecule has 20 heavy (non-hydrogen) atoms. The summed E-state index contributed by atoms with van der Waals surface area (Å²) in [6, 6.07) is 0. The van der Waals surface area contributed by atoms with Crippen LogP contribution in [0.1, 0.15) is 91.9 Å². The Morgan fingerprint density at radius 2 is 1.25 bits per heavy atom. The molecule has 0 unspecified atom stereocenters. The molecule has 0 radical (unpaired) electrons. The fourth-order valence-corrected chi connectivity index (χ4v) is 2.03. The van der Waals surface area contributed by atoms with Crippen molar-refractivity contribution < 1.29 is 4.79 Å². The standard InChI is InChI=1S/C17H36N2O/c1-5-6-7-8-9-10-11-12-13-14-15-18-19-16(20)17(2,3)4/h18H,5-15H2,1-4H3,(H,19,20). The predicted octanol–water partition coefficient (Wildman–Crippen LogP) is 4.57. The lowest BCUT2D eigenvalue weighted by atomic mass is 9.96. The van der Waals surface area contributed by atoms with Crippen molar-refractivity contribution in [1.29, 1.82) is 0 Å². The van der Waals surface area contributed by atoms with Gasteiger partial charge in [0.2, 0.25) is 5.91 Å². The molecule has 3 heteroatoms. The van der Waals surface area contributed by atoms with Gasteiger partial charge in [-0.15, -0.1) is 0 Å². The second-order valence-corrected chi connectivity index (χ2v) is 6.81. The van der Waals surface area contributed by atoms with Crippen LogP contribution in [-0.2, 0) is 4.79 Å². The van der Waals surface area contributed by atoms with Crippen LogP contribution in [0.3, 0.4) is 0 Å². The molecule has 0 aromatic rings. The van der Waals surface area contributed by atoms with E-state index in [0.717, 1.165) is 13.0 Å². The Bertz CT molecular complexity index is 234. The van der Waals surface area contributed by atoms with E-state index in [-0.39, 0.29) is 11.3 Å². The van der Waals surface area contributed by atoms with E-state index in [9.17, 15) is 4.79 Å². The minimum atomic E-state index is -0.315. The maximum Gasteiger partial charge on any atom is 0.239 e. The highest BCUT2D eigenvalue weighted by molar-refractivity contribution is 5.80. The van der Waals surface area contributed by atoms with Gasteiger partial charge in [-0.3, -0.25) is 10.2 Å². The van der Waals surface area contributed by atoms with E-state index >= 15 is 0 Å². The molecule has 0 rings (SSSR count). The van der Waals surface area contributed by atoms with Gasteiger partial charge in [0.1, 0.15) is 0 Å². The van der Waals surface area contributed by atoms with Crippen LogP contribution in [0.25, 0.3) is 0 Å². The molecular formula is C17H36N2O. The molecule has 0 saturated heterocycles. The van der Waals surface area contributed by atoms with Crippen LogP contribution >= 0.6 is 0 Å². The van der Waals surface area contributed by atoms with Crippen molar-refractivity contribution in [3.8, 4) is 0 Å². The molecule has 0 aromatic carbocycles. The first-order valence-electron chi connectivity index (χ1n) is 8.51. The van der Waals surface area contributed by atoms with Crippen molar-refractivity contribution in [3.05, 3.63) is 0 Å². The van der Waals surface area contributed by atoms with Gasteiger partial charge in [-0.05, 0) is 6.42 Å². The molecule has 0 saturated carbocycles. The van der Waals surface area contributed by atoms with E-state index in [1.807, 2.05) is 20.8 Å². The first-order valence-corrected chi connectivity index (χ1v) is 8.51. The summed E-state index contributed by atoms with van der Waals surface area (Å²) < 4.78 is 0. The largest absolute Gasteiger partial charge is 0.291 e. The highest BCUT2D eigenvalue weighted by atomic mass is 16.2. The quantitative estimate of drug-likeness (QED) is 0.407. The summed E-state index contributed by atoms with van der Waals surface area (Å²) in [5.74, 6) is 0.0598. The molecule has 0 fully saturated rings. The van der Waals surface area contributed by atoms with Crippen LogP contribution in [0.4, 0.5) is 0 Å². The number of amides is 1. The van der Waals surface area contributed by atoms with Gasteiger partial charge >= 0.3 is 0 Å². The van der Waals surface area contributed by atoms with Crippen LogP contribution in [0.2, 0.25) is 0 Å². The number of hydrogen-bond acceptors (Lipinski definition) is 2. The first kappa shape index (κ1) is 19.4. The van der Waals surface area contributed by atoms with Crippen molar-refractivity contribution in [3.63, 3.8) is 0 Å². The van der Waals surface area contributed by atoms with Crippen LogP contribution in [-0.4, -0.2) is 12.5 Å². The van der Waals surface area contributed by atoms with E-state index in [1.54, 1.807) is 0 Å². The molecule has 1 amide bonds. The molecule has 2 N–H and O–H groups in total. The SMILES string of the molecule is CCCCCCCCCCCCNNC(=O)C(C)(C)C. The number of rotatable bonds is 12. The normalized spacial score (nSPS) is 11.6. The molecule has 3 nitrogen and oxygen atoms in total. The smallest absolute Gasteiger partial charge is 0.239 e. The minimum Gasteiger partial charge on any atom is -0.291 e. The number of unbranched alkanes of at least 4 members (excludes halogenated alkanes) is 9. The Morgan fingerprint density at radius 3 is 1.70 bits per heavy atom. The summed E-state index contributed by atoms with van der Waals surface area (Å²) in [6.45, 7) is 8.90. The molecule has 120 valence electrons. The Morgan fingerprint density at radius 1 is 0.800 bits per heavy atom. The Balaban J connectivity index is 3.16. The topological polar surface area (TPSA) is 41.1 Å². The van der Waals surface area contributed by atoms with Crippen LogP contribution in [0.15, 0.2) is 0 Å². The Hall–Kier alpha value is -0.570. The van der Waals surface area contributed by atoms with Gasteiger partial charge in [-0.25, -0.2) is 5.43 Å². The molecule has 0 bridgehead atoms. The number of hydrazine groups is 1. The van der Waals surface area contributed by atoms with Gasteiger partial charge in [-0.2, -0.15) is 0 Å². The molecule has 0 heterocycles. The average Bonchev–Trinajstić information content (AvgIpc) is 2.38. The van der Waals surface area contributed by atoms with Crippen molar-refractivity contribution in [2.75, 3.05) is 6.54 Å². The van der Waals surface area contributed by atoms with E-state index < -0.39 is 0 Å². The molecule has 0 aliphatic carbocycles. The summed E-state index contributed by atoms with van der Waals surface area (Å²) >= 11 is 0. The molecule has 0 aliphatic rings. The van der Waals surface area contributed by atoms with Crippen molar-refractivity contribution >= 4 is 5.91 Å². The third-order valence-corrected chi connectivity index (χ3v) is 3.54. The zero-order valence-electron chi connectivity index (χ0n) is 14.2. The Kier molecular flexibility index (Phi) is 11.8. The van der Waals surface area contributed by atoms with Crippen molar-refractivity contribution in [1.82, 2.24) is 10.9 Å². The highest BCUT2D eigenvalue weighted by Crippen LogP contribution is 2.12. The predicted molar refractivity (Wildman–Crippen MR) is 87.4 cm³/mol. The number of nitrogens with one attached hydrogen (secondary N) is 2. The van der Waals surface area contributed by atoms with Crippen LogP contribution in [0.5, 0.6) is 0 Å². The van der Waals surface area contributed by atoms with Crippen LogP contribution < -0.4 is 10.9 Å². The molecular weight excluding hydrogens is 248 g/mol. The van der Waals surface area contributed by atoms with E-state index in [2.05, 4.69) is 17.8 Å². The Labute approximate surface area is 126 Å². The molecule has 0 spiro atoms. The maximum absolute atomic E-state index is 11.6. The van der Waals surface area contributed by atoms with Gasteiger partial charge in [0, 0.05) is 12.0 Å². The maximum atomic E-state index is 11.6. The zero-order valence-corrected chi connectivity index (χ0v) is 14.2. The zero-order chi connectivity index (χ0) is 15.3. The summed E-state index contributed by atoms with van der Waals surface area (Å²) in [7, 11) is 0. The van der Waals surface area contributed by atoms with Gasteiger partial charge in [-0.1, -0.05) is 85.5 Å². The lowest BCUT2D eigenvalue weighted by Gasteiger charge is -2.17.